The first-order chi connectivity index (χ1) is 18.8. The van der Waals surface area contributed by atoms with Gasteiger partial charge in [-0.25, -0.2) is 4.98 Å². The number of hydrogen-bond acceptors (Lipinski definition) is 6. The third-order valence-electron chi connectivity index (χ3n) is 7.33. The molecule has 39 heavy (non-hydrogen) atoms. The largest absolute Gasteiger partial charge is 0.489 e. The number of likely N-dealkylation sites (tertiary alicyclic amines) is 1. The predicted molar refractivity (Wildman–Crippen MR) is 142 cm³/mol. The Balaban J connectivity index is 1.04. The summed E-state index contributed by atoms with van der Waals surface area (Å²) in [5.41, 5.74) is 1.68. The van der Waals surface area contributed by atoms with Gasteiger partial charge in [0.2, 0.25) is 0 Å². The van der Waals surface area contributed by atoms with Crippen LogP contribution in [0.25, 0.3) is 0 Å². The minimum absolute atomic E-state index is 0.0194. The van der Waals surface area contributed by atoms with Crippen molar-refractivity contribution >= 4 is 11.6 Å². The van der Waals surface area contributed by atoms with E-state index in [1.54, 1.807) is 24.5 Å². The SMILES string of the molecule is O=C(NC1CCN(Cc2cccnc2)CC1)c1ccc(OC2CCN(c3ccc(C(F)(F)F)cc3)CC2)cn1. The number of anilines is 1. The van der Waals surface area contributed by atoms with Gasteiger partial charge in [0.25, 0.3) is 5.91 Å². The van der Waals surface area contributed by atoms with Gasteiger partial charge >= 0.3 is 6.18 Å². The first-order valence-electron chi connectivity index (χ1n) is 13.3. The number of nitrogens with zero attached hydrogens (tertiary/aromatic N) is 4. The van der Waals surface area contributed by atoms with Gasteiger partial charge < -0.3 is 15.0 Å². The van der Waals surface area contributed by atoms with E-state index >= 15 is 0 Å². The molecule has 0 unspecified atom stereocenters. The van der Waals surface area contributed by atoms with Crippen LogP contribution in [0.4, 0.5) is 18.9 Å². The maximum Gasteiger partial charge on any atom is 0.416 e. The predicted octanol–water partition coefficient (Wildman–Crippen LogP) is 4.94. The van der Waals surface area contributed by atoms with Gasteiger partial charge in [-0.2, -0.15) is 13.2 Å². The number of carbonyl (C=O) groups excluding carboxylic acids is 1. The third kappa shape index (κ3) is 7.26. The molecule has 1 aromatic carbocycles. The van der Waals surface area contributed by atoms with Gasteiger partial charge in [0.15, 0.2) is 0 Å². The number of hydrogen-bond donors (Lipinski definition) is 1. The number of halogens is 3. The summed E-state index contributed by atoms with van der Waals surface area (Å²) in [6.45, 7) is 4.07. The first-order valence-corrected chi connectivity index (χ1v) is 13.3. The van der Waals surface area contributed by atoms with Crippen molar-refractivity contribution in [3.8, 4) is 5.75 Å². The summed E-state index contributed by atoms with van der Waals surface area (Å²) >= 11 is 0. The highest BCUT2D eigenvalue weighted by atomic mass is 19.4. The molecule has 0 spiro atoms. The summed E-state index contributed by atoms with van der Waals surface area (Å²) < 4.78 is 44.5. The summed E-state index contributed by atoms with van der Waals surface area (Å²) in [5.74, 6) is 0.417. The van der Waals surface area contributed by atoms with E-state index < -0.39 is 11.7 Å². The number of alkyl halides is 3. The Morgan fingerprint density at radius 1 is 0.949 bits per heavy atom. The van der Waals surface area contributed by atoms with Crippen molar-refractivity contribution in [1.29, 1.82) is 0 Å². The molecule has 0 bridgehead atoms. The molecule has 2 aromatic heterocycles. The van der Waals surface area contributed by atoms with Gasteiger partial charge in [-0.15, -0.1) is 0 Å². The second kappa shape index (κ2) is 12.0. The van der Waals surface area contributed by atoms with Crippen LogP contribution in [0.5, 0.6) is 5.75 Å². The summed E-state index contributed by atoms with van der Waals surface area (Å²) in [5, 5.41) is 3.10. The van der Waals surface area contributed by atoms with E-state index in [9.17, 15) is 18.0 Å². The molecule has 7 nitrogen and oxygen atoms in total. The molecule has 10 heteroatoms. The molecule has 2 aliphatic heterocycles. The Labute approximate surface area is 226 Å². The Kier molecular flexibility index (Phi) is 8.30. The van der Waals surface area contributed by atoms with Crippen molar-refractivity contribution in [3.05, 3.63) is 83.9 Å². The lowest BCUT2D eigenvalue weighted by Crippen LogP contribution is -2.44. The number of pyridine rings is 2. The van der Waals surface area contributed by atoms with Crippen LogP contribution in [0.3, 0.4) is 0 Å². The van der Waals surface area contributed by atoms with Crippen molar-refractivity contribution < 1.29 is 22.7 Å². The molecule has 0 atom stereocenters. The van der Waals surface area contributed by atoms with E-state index in [0.717, 1.165) is 63.1 Å². The van der Waals surface area contributed by atoms with Gasteiger partial charge in [-0.05, 0) is 60.9 Å². The van der Waals surface area contributed by atoms with Gasteiger partial charge in [-0.1, -0.05) is 6.07 Å². The molecule has 4 heterocycles. The fourth-order valence-corrected chi connectivity index (χ4v) is 5.11. The lowest BCUT2D eigenvalue weighted by atomic mass is 10.0. The Morgan fingerprint density at radius 2 is 1.69 bits per heavy atom. The van der Waals surface area contributed by atoms with Crippen molar-refractivity contribution in [2.24, 2.45) is 0 Å². The van der Waals surface area contributed by atoms with Gasteiger partial charge in [-0.3, -0.25) is 14.7 Å². The Morgan fingerprint density at radius 3 is 2.31 bits per heavy atom. The number of aromatic nitrogens is 2. The summed E-state index contributed by atoms with van der Waals surface area (Å²) in [6, 6.07) is 12.9. The minimum atomic E-state index is -4.33. The zero-order valence-electron chi connectivity index (χ0n) is 21.6. The highest BCUT2D eigenvalue weighted by Gasteiger charge is 2.30. The van der Waals surface area contributed by atoms with Crippen molar-refractivity contribution in [1.82, 2.24) is 20.2 Å². The molecule has 1 N–H and O–H groups in total. The fraction of sp³-hybridized carbons (Fsp3) is 0.414. The molecular formula is C29H32F3N5O2. The van der Waals surface area contributed by atoms with E-state index in [2.05, 4.69) is 31.2 Å². The highest BCUT2D eigenvalue weighted by molar-refractivity contribution is 5.92. The van der Waals surface area contributed by atoms with Crippen LogP contribution in [0.2, 0.25) is 0 Å². The normalized spacial score (nSPS) is 17.7. The second-order valence-corrected chi connectivity index (χ2v) is 10.1. The number of nitrogens with one attached hydrogen (secondary N) is 1. The number of benzene rings is 1. The highest BCUT2D eigenvalue weighted by Crippen LogP contribution is 2.31. The molecule has 2 aliphatic rings. The average molecular weight is 540 g/mol. The van der Waals surface area contributed by atoms with E-state index in [0.29, 0.717) is 24.5 Å². The lowest BCUT2D eigenvalue weighted by Gasteiger charge is -2.33. The maximum absolute atomic E-state index is 12.8. The smallest absolute Gasteiger partial charge is 0.416 e. The Bertz CT molecular complexity index is 1210. The van der Waals surface area contributed by atoms with E-state index in [-0.39, 0.29) is 18.1 Å². The van der Waals surface area contributed by atoms with Crippen LogP contribution in [-0.4, -0.2) is 59.1 Å². The second-order valence-electron chi connectivity index (χ2n) is 10.1. The number of ether oxygens (including phenoxy) is 1. The fourth-order valence-electron chi connectivity index (χ4n) is 5.11. The van der Waals surface area contributed by atoms with Crippen LogP contribution in [0.1, 0.15) is 47.3 Å². The monoisotopic (exact) mass is 539 g/mol. The maximum atomic E-state index is 12.8. The van der Waals surface area contributed by atoms with Crippen molar-refractivity contribution in [3.63, 3.8) is 0 Å². The van der Waals surface area contributed by atoms with E-state index in [1.807, 2.05) is 12.3 Å². The van der Waals surface area contributed by atoms with Crippen LogP contribution in [-0.2, 0) is 12.7 Å². The van der Waals surface area contributed by atoms with Crippen LogP contribution < -0.4 is 15.0 Å². The zero-order valence-corrected chi connectivity index (χ0v) is 21.6. The molecule has 0 aliphatic carbocycles. The van der Waals surface area contributed by atoms with Crippen LogP contribution >= 0.6 is 0 Å². The number of carbonyl (C=O) groups is 1. The van der Waals surface area contributed by atoms with Gasteiger partial charge in [0.05, 0.1) is 11.8 Å². The molecule has 5 rings (SSSR count). The lowest BCUT2D eigenvalue weighted by molar-refractivity contribution is -0.137. The van der Waals surface area contributed by atoms with Crippen molar-refractivity contribution in [2.75, 3.05) is 31.1 Å². The van der Waals surface area contributed by atoms with Crippen LogP contribution in [0.15, 0.2) is 67.1 Å². The quantitative estimate of drug-likeness (QED) is 0.459. The van der Waals surface area contributed by atoms with Gasteiger partial charge in [0, 0.05) is 69.7 Å². The molecule has 1 amide bonds. The van der Waals surface area contributed by atoms with Crippen LogP contribution in [0, 0.1) is 0 Å². The van der Waals surface area contributed by atoms with Gasteiger partial charge in [0.1, 0.15) is 17.5 Å². The molecule has 3 aromatic rings. The topological polar surface area (TPSA) is 70.6 Å². The standard InChI is InChI=1S/C29H32F3N5O2/c30-29(31,32)22-3-5-24(6-4-22)37-16-11-25(12-17-37)39-26-7-8-27(34-19-26)28(38)35-23-9-14-36(15-10-23)20-21-2-1-13-33-18-21/h1-8,13,18-19,23,25H,9-12,14-17,20H2,(H,35,38). The number of rotatable bonds is 7. The minimum Gasteiger partial charge on any atom is -0.489 e. The van der Waals surface area contributed by atoms with Crippen molar-refractivity contribution in [2.45, 2.75) is 50.6 Å². The first kappa shape index (κ1) is 26.9. The number of piperidine rings is 2. The summed E-state index contributed by atoms with van der Waals surface area (Å²) in [4.78, 5) is 25.7. The van der Waals surface area contributed by atoms with E-state index in [1.165, 1.54) is 17.7 Å². The number of amides is 1. The third-order valence-corrected chi connectivity index (χ3v) is 7.33. The Hall–Kier alpha value is -3.66. The molecule has 0 saturated carbocycles. The molecule has 206 valence electrons. The van der Waals surface area contributed by atoms with E-state index in [4.69, 9.17) is 4.74 Å². The molecule has 2 saturated heterocycles. The average Bonchev–Trinajstić information content (AvgIpc) is 2.95. The zero-order chi connectivity index (χ0) is 27.2. The molecular weight excluding hydrogens is 507 g/mol. The molecule has 2 fully saturated rings. The summed E-state index contributed by atoms with van der Waals surface area (Å²) in [7, 11) is 0. The summed E-state index contributed by atoms with van der Waals surface area (Å²) in [6.07, 6.45) is 4.14. The molecule has 0 radical (unpaired) electrons.